The van der Waals surface area contributed by atoms with Crippen molar-refractivity contribution in [3.8, 4) is 6.07 Å². The van der Waals surface area contributed by atoms with Crippen LogP contribution in [0.3, 0.4) is 0 Å². The Bertz CT molecular complexity index is 554. The molecule has 0 N–H and O–H groups in total. The van der Waals surface area contributed by atoms with Gasteiger partial charge < -0.3 is 0 Å². The number of nitrogens with zero attached hydrogens (tertiary/aromatic N) is 1. The molecule has 0 bridgehead atoms. The maximum atomic E-state index is 12.8. The van der Waals surface area contributed by atoms with Gasteiger partial charge in [-0.2, -0.15) is 27.2 Å². The molecule has 10 heteroatoms. The van der Waals surface area contributed by atoms with E-state index in [-0.39, 0.29) is 31.5 Å². The normalized spacial score (nSPS) is 19.7. The van der Waals surface area contributed by atoms with Gasteiger partial charge in [-0.1, -0.05) is 0 Å². The highest BCUT2D eigenvalue weighted by molar-refractivity contribution is 7.92. The third-order valence-electron chi connectivity index (χ3n) is 3.65. The van der Waals surface area contributed by atoms with Crippen LogP contribution in [0.1, 0.15) is 32.1 Å². The van der Waals surface area contributed by atoms with Crippen LogP contribution in [-0.4, -0.2) is 37.3 Å². The van der Waals surface area contributed by atoms with Gasteiger partial charge in [-0.05, 0) is 18.8 Å². The lowest BCUT2D eigenvalue weighted by atomic mass is 9.86. The van der Waals surface area contributed by atoms with E-state index in [2.05, 4.69) is 0 Å². The first kappa shape index (κ1) is 18.8. The van der Waals surface area contributed by atoms with E-state index in [1.165, 1.54) is 6.07 Å². The number of sulfone groups is 1. The second-order valence-electron chi connectivity index (χ2n) is 5.24. The Hall–Kier alpha value is -1.24. The molecule has 1 aliphatic rings. The lowest BCUT2D eigenvalue weighted by Crippen LogP contribution is -2.40. The Labute approximate surface area is 124 Å². The van der Waals surface area contributed by atoms with Gasteiger partial charge in [0.15, 0.2) is 15.1 Å². The van der Waals surface area contributed by atoms with E-state index in [9.17, 15) is 35.2 Å². The molecule has 0 aromatic rings. The molecule has 4 nitrogen and oxygen atoms in total. The summed E-state index contributed by atoms with van der Waals surface area (Å²) in [5, 5.41) is 7.28. The quantitative estimate of drug-likeness (QED) is 0.717. The smallest absolute Gasteiger partial charge is 0.300 e. The first-order chi connectivity index (χ1) is 9.90. The van der Waals surface area contributed by atoms with Crippen LogP contribution in [0.25, 0.3) is 0 Å². The zero-order valence-electron chi connectivity index (χ0n) is 11.4. The van der Waals surface area contributed by atoms with Crippen LogP contribution in [0.2, 0.25) is 0 Å². The second-order valence-corrected chi connectivity index (χ2v) is 7.49. The number of alkyl halides is 5. The summed E-state index contributed by atoms with van der Waals surface area (Å²) in [7, 11) is -4.44. The molecule has 1 aliphatic carbocycles. The fourth-order valence-corrected chi connectivity index (χ4v) is 4.10. The molecular weight excluding hydrogens is 333 g/mol. The maximum absolute atomic E-state index is 12.8. The minimum atomic E-state index is -5.83. The number of ketones is 1. The van der Waals surface area contributed by atoms with Gasteiger partial charge in [-0.3, -0.25) is 4.79 Å². The average Bonchev–Trinajstić information content (AvgIpc) is 2.38. The number of hydrogen-bond donors (Lipinski definition) is 0. The minimum absolute atomic E-state index is 0.0804. The number of rotatable bonds is 5. The lowest BCUT2D eigenvalue weighted by Gasteiger charge is -2.26. The Morgan fingerprint density at radius 1 is 1.18 bits per heavy atom. The molecule has 1 saturated carbocycles. The van der Waals surface area contributed by atoms with Gasteiger partial charge in [-0.15, -0.1) is 0 Å². The molecule has 0 radical (unpaired) electrons. The summed E-state index contributed by atoms with van der Waals surface area (Å²) in [4.78, 5) is 11.1. The molecule has 1 unspecified atom stereocenters. The van der Waals surface area contributed by atoms with Crippen LogP contribution < -0.4 is 0 Å². The molecule has 1 rings (SSSR count). The van der Waals surface area contributed by atoms with Crippen molar-refractivity contribution in [3.63, 3.8) is 0 Å². The number of nitriles is 1. The number of hydrogen-bond acceptors (Lipinski definition) is 4. The third kappa shape index (κ3) is 4.38. The Morgan fingerprint density at radius 2 is 1.68 bits per heavy atom. The highest BCUT2D eigenvalue weighted by Crippen LogP contribution is 2.39. The molecule has 0 aromatic carbocycles. The molecule has 22 heavy (non-hydrogen) atoms. The number of carbonyl (C=O) groups is 1. The van der Waals surface area contributed by atoms with Gasteiger partial charge in [0.05, 0.1) is 11.8 Å². The third-order valence-corrected chi connectivity index (χ3v) is 5.68. The van der Waals surface area contributed by atoms with Crippen LogP contribution in [0.4, 0.5) is 22.0 Å². The van der Waals surface area contributed by atoms with Crippen molar-refractivity contribution in [2.75, 3.05) is 5.75 Å². The molecule has 1 atom stereocenters. The second kappa shape index (κ2) is 6.48. The fraction of sp³-hybridized carbons (Fsp3) is 0.833. The van der Waals surface area contributed by atoms with Crippen molar-refractivity contribution in [1.82, 2.24) is 0 Å². The Kier molecular flexibility index (Phi) is 5.54. The standard InChI is InChI=1S/C12H14F5NO3S/c13-11(14,12(15,16)17)5-6-22(20,21)10(7-18)8-1-3-9(19)4-2-8/h8,10H,1-6H2. The van der Waals surface area contributed by atoms with Crippen LogP contribution in [0.5, 0.6) is 0 Å². The van der Waals surface area contributed by atoms with Crippen molar-refractivity contribution in [3.05, 3.63) is 0 Å². The van der Waals surface area contributed by atoms with Gasteiger partial charge in [0.25, 0.3) is 0 Å². The van der Waals surface area contributed by atoms with Crippen molar-refractivity contribution < 1.29 is 35.2 Å². The molecule has 0 saturated heterocycles. The van der Waals surface area contributed by atoms with Crippen molar-refractivity contribution in [2.24, 2.45) is 5.92 Å². The van der Waals surface area contributed by atoms with Gasteiger partial charge in [0.2, 0.25) is 0 Å². The minimum Gasteiger partial charge on any atom is -0.300 e. The first-order valence-corrected chi connectivity index (χ1v) is 8.19. The monoisotopic (exact) mass is 347 g/mol. The fourth-order valence-electron chi connectivity index (χ4n) is 2.28. The largest absolute Gasteiger partial charge is 0.453 e. The van der Waals surface area contributed by atoms with E-state index in [0.717, 1.165) is 0 Å². The first-order valence-electron chi connectivity index (χ1n) is 6.48. The van der Waals surface area contributed by atoms with Gasteiger partial charge in [0.1, 0.15) is 5.78 Å². The van der Waals surface area contributed by atoms with Crippen LogP contribution in [0.15, 0.2) is 0 Å². The zero-order valence-corrected chi connectivity index (χ0v) is 12.2. The summed E-state index contributed by atoms with van der Waals surface area (Å²) >= 11 is 0. The SMILES string of the molecule is N#CC(C1CCC(=O)CC1)S(=O)(=O)CCC(F)(F)C(F)(F)F. The summed E-state index contributed by atoms with van der Waals surface area (Å²) < 4.78 is 85.6. The topological polar surface area (TPSA) is 75.0 Å². The van der Waals surface area contributed by atoms with Gasteiger partial charge in [0, 0.05) is 19.3 Å². The Balaban J connectivity index is 2.80. The number of carbonyl (C=O) groups excluding carboxylic acids is 1. The molecular formula is C12H14F5NO3S. The molecule has 126 valence electrons. The molecule has 0 aromatic heterocycles. The molecule has 0 spiro atoms. The van der Waals surface area contributed by atoms with Gasteiger partial charge >= 0.3 is 12.1 Å². The molecule has 0 amide bonds. The predicted molar refractivity (Wildman–Crippen MR) is 65.8 cm³/mol. The van der Waals surface area contributed by atoms with E-state index in [4.69, 9.17) is 5.26 Å². The highest BCUT2D eigenvalue weighted by Gasteiger charge is 2.57. The van der Waals surface area contributed by atoms with Crippen LogP contribution in [0, 0.1) is 17.2 Å². The Morgan fingerprint density at radius 3 is 2.09 bits per heavy atom. The van der Waals surface area contributed by atoms with Crippen molar-refractivity contribution >= 4 is 15.6 Å². The zero-order chi connectivity index (χ0) is 17.2. The summed E-state index contributed by atoms with van der Waals surface area (Å²) in [5.74, 6) is -7.36. The van der Waals surface area contributed by atoms with E-state index in [1.54, 1.807) is 0 Å². The highest BCUT2D eigenvalue weighted by atomic mass is 32.2. The summed E-state index contributed by atoms with van der Waals surface area (Å²) in [6.45, 7) is 0. The summed E-state index contributed by atoms with van der Waals surface area (Å²) in [5.41, 5.74) is 0. The number of halogens is 5. The van der Waals surface area contributed by atoms with Crippen LogP contribution in [-0.2, 0) is 14.6 Å². The van der Waals surface area contributed by atoms with Crippen LogP contribution >= 0.6 is 0 Å². The summed E-state index contributed by atoms with van der Waals surface area (Å²) in [6.07, 6.45) is -7.35. The number of Topliss-reactive ketones (excluding diaryl/α,β-unsaturated/α-hetero) is 1. The molecule has 1 fully saturated rings. The molecule has 0 heterocycles. The van der Waals surface area contributed by atoms with Crippen molar-refractivity contribution in [2.45, 2.75) is 49.5 Å². The average molecular weight is 347 g/mol. The maximum Gasteiger partial charge on any atom is 0.453 e. The van der Waals surface area contributed by atoms with Crippen molar-refractivity contribution in [1.29, 1.82) is 5.26 Å². The van der Waals surface area contributed by atoms with E-state index in [1.807, 2.05) is 0 Å². The predicted octanol–water partition coefficient (Wildman–Crippen LogP) is 2.64. The summed E-state index contributed by atoms with van der Waals surface area (Å²) in [6, 6.07) is 1.48. The lowest BCUT2D eigenvalue weighted by molar-refractivity contribution is -0.282. The van der Waals surface area contributed by atoms with E-state index < -0.39 is 45.3 Å². The van der Waals surface area contributed by atoms with Gasteiger partial charge in [-0.25, -0.2) is 8.42 Å². The van der Waals surface area contributed by atoms with E-state index >= 15 is 0 Å². The van der Waals surface area contributed by atoms with E-state index in [0.29, 0.717) is 0 Å². The molecule has 0 aliphatic heterocycles.